The normalized spacial score (nSPS) is 19.3. The Balaban J connectivity index is 0.000001000. The van der Waals surface area contributed by atoms with E-state index in [1.165, 1.54) is 0 Å². The van der Waals surface area contributed by atoms with Crippen LogP contribution in [0.5, 0.6) is 0 Å². The van der Waals surface area contributed by atoms with Crippen LogP contribution in [0.25, 0.3) is 0 Å². The molecule has 1 aliphatic carbocycles. The maximum Gasteiger partial charge on any atom is 0.321 e. The molecule has 1 rings (SSSR count). The molecule has 0 saturated heterocycles. The van der Waals surface area contributed by atoms with Gasteiger partial charge in [-0.25, -0.2) is 0 Å². The SMILES string of the molecule is O=C(O)C1(C(=O)O)CCC1.[Pt]. The van der Waals surface area contributed by atoms with Gasteiger partial charge in [0, 0.05) is 21.1 Å². The number of aliphatic carboxylic acids is 2. The summed E-state index contributed by atoms with van der Waals surface area (Å²) < 4.78 is 0. The predicted molar refractivity (Wildman–Crippen MR) is 31.6 cm³/mol. The fourth-order valence-electron chi connectivity index (χ4n) is 1.05. The Morgan fingerprint density at radius 1 is 1.09 bits per heavy atom. The van der Waals surface area contributed by atoms with Crippen molar-refractivity contribution in [1.82, 2.24) is 0 Å². The smallest absolute Gasteiger partial charge is 0.321 e. The van der Waals surface area contributed by atoms with E-state index in [-0.39, 0.29) is 33.9 Å². The van der Waals surface area contributed by atoms with Crippen molar-refractivity contribution in [2.45, 2.75) is 19.3 Å². The molecular formula is C6H8O4Pt. The Morgan fingerprint density at radius 2 is 1.45 bits per heavy atom. The van der Waals surface area contributed by atoms with E-state index in [2.05, 4.69) is 0 Å². The minimum absolute atomic E-state index is 0. The Hall–Kier alpha value is -0.372. The van der Waals surface area contributed by atoms with Gasteiger partial charge in [-0.1, -0.05) is 0 Å². The summed E-state index contributed by atoms with van der Waals surface area (Å²) in [6.07, 6.45) is 1.26. The van der Waals surface area contributed by atoms with Crippen molar-refractivity contribution < 1.29 is 40.9 Å². The van der Waals surface area contributed by atoms with Crippen LogP contribution in [0.2, 0.25) is 0 Å². The molecule has 1 aliphatic rings. The van der Waals surface area contributed by atoms with E-state index in [0.717, 1.165) is 0 Å². The van der Waals surface area contributed by atoms with Gasteiger partial charge in [0.15, 0.2) is 5.41 Å². The minimum atomic E-state index is -1.44. The van der Waals surface area contributed by atoms with Crippen LogP contribution in [0, 0.1) is 5.41 Å². The molecule has 0 amide bonds. The molecule has 5 heteroatoms. The summed E-state index contributed by atoms with van der Waals surface area (Å²) in [5.74, 6) is -2.41. The van der Waals surface area contributed by atoms with Crippen molar-refractivity contribution in [3.63, 3.8) is 0 Å². The van der Waals surface area contributed by atoms with E-state index in [4.69, 9.17) is 10.2 Å². The molecule has 0 bridgehead atoms. The van der Waals surface area contributed by atoms with Gasteiger partial charge < -0.3 is 10.2 Å². The maximum atomic E-state index is 10.4. The summed E-state index contributed by atoms with van der Waals surface area (Å²) >= 11 is 0. The van der Waals surface area contributed by atoms with Crippen LogP contribution in [0.1, 0.15) is 19.3 Å². The van der Waals surface area contributed by atoms with Gasteiger partial charge in [0.05, 0.1) is 0 Å². The van der Waals surface area contributed by atoms with Gasteiger partial charge in [-0.15, -0.1) is 0 Å². The van der Waals surface area contributed by atoms with Gasteiger partial charge in [0.25, 0.3) is 0 Å². The first-order chi connectivity index (χ1) is 4.59. The van der Waals surface area contributed by atoms with Crippen LogP contribution >= 0.6 is 0 Å². The Labute approximate surface area is 77.9 Å². The first-order valence-corrected chi connectivity index (χ1v) is 3.06. The molecule has 0 unspecified atom stereocenters. The minimum Gasteiger partial charge on any atom is -0.480 e. The Bertz CT molecular complexity index is 169. The molecule has 0 aromatic carbocycles. The summed E-state index contributed by atoms with van der Waals surface area (Å²) in [7, 11) is 0. The first-order valence-electron chi connectivity index (χ1n) is 3.06. The molecule has 0 aromatic rings. The van der Waals surface area contributed by atoms with Gasteiger partial charge >= 0.3 is 11.9 Å². The number of carbonyl (C=O) groups is 2. The van der Waals surface area contributed by atoms with E-state index in [9.17, 15) is 9.59 Å². The van der Waals surface area contributed by atoms with Gasteiger partial charge in [-0.2, -0.15) is 0 Å². The van der Waals surface area contributed by atoms with Crippen LogP contribution in [0.15, 0.2) is 0 Å². The van der Waals surface area contributed by atoms with E-state index in [1.807, 2.05) is 0 Å². The second-order valence-electron chi connectivity index (χ2n) is 2.55. The van der Waals surface area contributed by atoms with Gasteiger partial charge in [-0.3, -0.25) is 9.59 Å². The van der Waals surface area contributed by atoms with Crippen LogP contribution in [0.3, 0.4) is 0 Å². The molecule has 2 N–H and O–H groups in total. The molecule has 0 aromatic heterocycles. The monoisotopic (exact) mass is 339 g/mol. The van der Waals surface area contributed by atoms with Crippen LogP contribution in [-0.2, 0) is 30.7 Å². The Kier molecular flexibility index (Phi) is 3.24. The molecule has 1 fully saturated rings. The average molecular weight is 339 g/mol. The van der Waals surface area contributed by atoms with Crippen molar-refractivity contribution >= 4 is 11.9 Å². The fourth-order valence-corrected chi connectivity index (χ4v) is 1.05. The van der Waals surface area contributed by atoms with Crippen molar-refractivity contribution in [1.29, 1.82) is 0 Å². The number of carboxylic acids is 2. The quantitative estimate of drug-likeness (QED) is 0.711. The molecular weight excluding hydrogens is 331 g/mol. The zero-order chi connectivity index (χ0) is 7.78. The molecule has 66 valence electrons. The molecule has 11 heavy (non-hydrogen) atoms. The topological polar surface area (TPSA) is 74.6 Å². The van der Waals surface area contributed by atoms with E-state index in [1.54, 1.807) is 0 Å². The third-order valence-electron chi connectivity index (χ3n) is 2.03. The summed E-state index contributed by atoms with van der Waals surface area (Å²) in [6.45, 7) is 0. The molecule has 0 radical (unpaired) electrons. The zero-order valence-corrected chi connectivity index (χ0v) is 7.92. The van der Waals surface area contributed by atoms with Crippen molar-refractivity contribution in [2.24, 2.45) is 5.41 Å². The van der Waals surface area contributed by atoms with Crippen molar-refractivity contribution in [3.05, 3.63) is 0 Å². The standard InChI is InChI=1S/C6H8O4.Pt/c7-4(8)6(5(9)10)2-1-3-6;/h1-3H2,(H,7,8)(H,9,10);. The summed E-state index contributed by atoms with van der Waals surface area (Å²) in [5.41, 5.74) is -1.44. The number of hydrogen-bond acceptors (Lipinski definition) is 2. The second-order valence-corrected chi connectivity index (χ2v) is 2.55. The molecule has 0 atom stereocenters. The van der Waals surface area contributed by atoms with Crippen LogP contribution in [-0.4, -0.2) is 22.2 Å². The number of hydrogen-bond donors (Lipinski definition) is 2. The van der Waals surface area contributed by atoms with Crippen LogP contribution in [0.4, 0.5) is 0 Å². The van der Waals surface area contributed by atoms with E-state index >= 15 is 0 Å². The first kappa shape index (κ1) is 10.6. The van der Waals surface area contributed by atoms with Gasteiger partial charge in [0.2, 0.25) is 0 Å². The third kappa shape index (κ3) is 1.45. The van der Waals surface area contributed by atoms with Crippen molar-refractivity contribution in [2.75, 3.05) is 0 Å². The maximum absolute atomic E-state index is 10.4. The number of rotatable bonds is 2. The molecule has 1 saturated carbocycles. The summed E-state index contributed by atoms with van der Waals surface area (Å²) in [6, 6.07) is 0. The molecule has 0 heterocycles. The second kappa shape index (κ2) is 3.35. The van der Waals surface area contributed by atoms with Gasteiger partial charge in [0.1, 0.15) is 0 Å². The third-order valence-corrected chi connectivity index (χ3v) is 2.03. The molecule has 0 aliphatic heterocycles. The summed E-state index contributed by atoms with van der Waals surface area (Å²) in [4.78, 5) is 20.7. The molecule has 4 nitrogen and oxygen atoms in total. The average Bonchev–Trinajstić information content (AvgIpc) is 1.57. The zero-order valence-electron chi connectivity index (χ0n) is 5.65. The fraction of sp³-hybridized carbons (Fsp3) is 0.667. The largest absolute Gasteiger partial charge is 0.480 e. The van der Waals surface area contributed by atoms with Gasteiger partial charge in [-0.05, 0) is 19.3 Å². The Morgan fingerprint density at radius 3 is 1.45 bits per heavy atom. The van der Waals surface area contributed by atoms with E-state index < -0.39 is 17.4 Å². The van der Waals surface area contributed by atoms with Crippen LogP contribution < -0.4 is 0 Å². The van der Waals surface area contributed by atoms with Crippen molar-refractivity contribution in [3.8, 4) is 0 Å². The van der Waals surface area contributed by atoms with E-state index in [0.29, 0.717) is 6.42 Å². The predicted octanol–water partition coefficient (Wildman–Crippen LogP) is 0.323. The molecule has 0 spiro atoms. The summed E-state index contributed by atoms with van der Waals surface area (Å²) in [5, 5.41) is 16.9. The number of carboxylic acid groups (broad SMARTS) is 2.